The van der Waals surface area contributed by atoms with E-state index in [-0.39, 0.29) is 11.5 Å². The molecule has 0 radical (unpaired) electrons. The molecule has 2 heterocycles. The maximum atomic E-state index is 12.5. The molecule has 3 rings (SSSR count). The van der Waals surface area contributed by atoms with Gasteiger partial charge in [-0.15, -0.1) is 0 Å². The summed E-state index contributed by atoms with van der Waals surface area (Å²) >= 11 is 0. The van der Waals surface area contributed by atoms with Crippen LogP contribution in [0.1, 0.15) is 41.6 Å². The fourth-order valence-electron chi connectivity index (χ4n) is 3.16. The van der Waals surface area contributed by atoms with E-state index < -0.39 is 0 Å². The molecule has 7 heteroatoms. The summed E-state index contributed by atoms with van der Waals surface area (Å²) in [6.45, 7) is 8.89. The molecular formula is C21H26N4O3. The number of nitrogens with zero attached hydrogens (tertiary/aromatic N) is 2. The average molecular weight is 382 g/mol. The molecule has 0 spiro atoms. The Bertz CT molecular complexity index is 1020. The lowest BCUT2D eigenvalue weighted by atomic mass is 10.2. The standard InChI is InChI=1S/C21H26N4O3/c1-4-25(5-2)13-15-12-17(14(3)28-15)20(26)22-11-10-19-23-18-9-7-6-8-16(18)21(27)24-19/h6-9,12H,4-5,10-11,13H2,1-3H3,(H,22,26)(H,23,24,27). The third kappa shape index (κ3) is 4.48. The van der Waals surface area contributed by atoms with Crippen molar-refractivity contribution in [3.05, 3.63) is 63.6 Å². The number of aromatic nitrogens is 2. The fraction of sp³-hybridized carbons (Fsp3) is 0.381. The van der Waals surface area contributed by atoms with Crippen LogP contribution in [0.15, 0.2) is 39.5 Å². The Balaban J connectivity index is 1.62. The number of fused-ring (bicyclic) bond motifs is 1. The maximum absolute atomic E-state index is 12.5. The highest BCUT2D eigenvalue weighted by Gasteiger charge is 2.16. The zero-order valence-corrected chi connectivity index (χ0v) is 16.5. The van der Waals surface area contributed by atoms with Crippen molar-refractivity contribution in [1.82, 2.24) is 20.2 Å². The quantitative estimate of drug-likeness (QED) is 0.625. The molecule has 0 bridgehead atoms. The SMILES string of the molecule is CCN(CC)Cc1cc(C(=O)NCCc2nc3ccccc3c(=O)[nH]2)c(C)o1. The molecule has 1 amide bonds. The van der Waals surface area contributed by atoms with Gasteiger partial charge in [-0.2, -0.15) is 0 Å². The molecule has 2 aromatic heterocycles. The van der Waals surface area contributed by atoms with Gasteiger partial charge in [0, 0.05) is 13.0 Å². The first-order chi connectivity index (χ1) is 13.5. The fourth-order valence-corrected chi connectivity index (χ4v) is 3.16. The van der Waals surface area contributed by atoms with Gasteiger partial charge in [-0.05, 0) is 38.2 Å². The van der Waals surface area contributed by atoms with E-state index >= 15 is 0 Å². The van der Waals surface area contributed by atoms with Gasteiger partial charge in [-0.25, -0.2) is 4.98 Å². The second-order valence-electron chi connectivity index (χ2n) is 6.68. The first kappa shape index (κ1) is 19.8. The van der Waals surface area contributed by atoms with Crippen LogP contribution in [0.3, 0.4) is 0 Å². The molecule has 0 fully saturated rings. The van der Waals surface area contributed by atoms with Crippen molar-refractivity contribution in [3.63, 3.8) is 0 Å². The molecule has 1 aromatic carbocycles. The summed E-state index contributed by atoms with van der Waals surface area (Å²) in [5, 5.41) is 3.44. The number of aromatic amines is 1. The lowest BCUT2D eigenvalue weighted by Crippen LogP contribution is -2.27. The van der Waals surface area contributed by atoms with Crippen molar-refractivity contribution in [2.24, 2.45) is 0 Å². The minimum absolute atomic E-state index is 0.168. The van der Waals surface area contributed by atoms with E-state index in [0.717, 1.165) is 18.8 Å². The zero-order chi connectivity index (χ0) is 20.1. The van der Waals surface area contributed by atoms with Crippen LogP contribution in [0, 0.1) is 6.92 Å². The molecule has 2 N–H and O–H groups in total. The number of H-pyrrole nitrogens is 1. The number of hydrogen-bond acceptors (Lipinski definition) is 5. The Kier molecular flexibility index (Phi) is 6.26. The second-order valence-corrected chi connectivity index (χ2v) is 6.68. The van der Waals surface area contributed by atoms with Gasteiger partial charge in [0.2, 0.25) is 0 Å². The summed E-state index contributed by atoms with van der Waals surface area (Å²) in [6.07, 6.45) is 0.440. The molecule has 0 atom stereocenters. The summed E-state index contributed by atoms with van der Waals surface area (Å²) in [5.74, 6) is 1.76. The second kappa shape index (κ2) is 8.84. The molecule has 0 saturated carbocycles. The molecule has 0 aliphatic carbocycles. The van der Waals surface area contributed by atoms with Crippen molar-refractivity contribution in [2.45, 2.75) is 33.7 Å². The number of nitrogens with one attached hydrogen (secondary N) is 2. The summed E-state index contributed by atoms with van der Waals surface area (Å²) in [6, 6.07) is 9.00. The lowest BCUT2D eigenvalue weighted by molar-refractivity contribution is 0.0952. The Morgan fingerprint density at radius 2 is 2.00 bits per heavy atom. The van der Waals surface area contributed by atoms with E-state index in [4.69, 9.17) is 4.42 Å². The van der Waals surface area contributed by atoms with Crippen LogP contribution in [0.2, 0.25) is 0 Å². The number of furan rings is 1. The summed E-state index contributed by atoms with van der Waals surface area (Å²) in [7, 11) is 0. The molecule has 28 heavy (non-hydrogen) atoms. The largest absolute Gasteiger partial charge is 0.464 e. The van der Waals surface area contributed by atoms with Crippen LogP contribution in [0.5, 0.6) is 0 Å². The van der Waals surface area contributed by atoms with Gasteiger partial charge in [0.1, 0.15) is 17.3 Å². The Hall–Kier alpha value is -2.93. The van der Waals surface area contributed by atoms with Gasteiger partial charge < -0.3 is 14.7 Å². The number of carbonyl (C=O) groups is 1. The van der Waals surface area contributed by atoms with Crippen molar-refractivity contribution < 1.29 is 9.21 Å². The third-order valence-electron chi connectivity index (χ3n) is 4.80. The first-order valence-corrected chi connectivity index (χ1v) is 9.59. The number of hydrogen-bond donors (Lipinski definition) is 2. The van der Waals surface area contributed by atoms with Gasteiger partial charge in [0.25, 0.3) is 11.5 Å². The molecule has 0 aliphatic heterocycles. The van der Waals surface area contributed by atoms with Crippen molar-refractivity contribution in [1.29, 1.82) is 0 Å². The Morgan fingerprint density at radius 3 is 2.75 bits per heavy atom. The van der Waals surface area contributed by atoms with Crippen molar-refractivity contribution in [3.8, 4) is 0 Å². The van der Waals surface area contributed by atoms with Crippen LogP contribution in [-0.2, 0) is 13.0 Å². The average Bonchev–Trinajstić information content (AvgIpc) is 3.06. The molecule has 7 nitrogen and oxygen atoms in total. The summed E-state index contributed by atoms with van der Waals surface area (Å²) in [5.41, 5.74) is 1.03. The highest BCUT2D eigenvalue weighted by atomic mass is 16.3. The van der Waals surface area contributed by atoms with Crippen LogP contribution >= 0.6 is 0 Å². The molecule has 0 aliphatic rings. The predicted molar refractivity (Wildman–Crippen MR) is 108 cm³/mol. The number of rotatable bonds is 8. The minimum Gasteiger partial charge on any atom is -0.464 e. The van der Waals surface area contributed by atoms with E-state index in [1.807, 2.05) is 6.07 Å². The topological polar surface area (TPSA) is 91.2 Å². The predicted octanol–water partition coefficient (Wildman–Crippen LogP) is 2.64. The number of amides is 1. The number of carbonyl (C=O) groups excluding carboxylic acids is 1. The third-order valence-corrected chi connectivity index (χ3v) is 4.80. The molecule has 148 valence electrons. The van der Waals surface area contributed by atoms with Crippen LogP contribution in [0.25, 0.3) is 10.9 Å². The smallest absolute Gasteiger partial charge is 0.258 e. The Labute approximate surface area is 163 Å². The van der Waals surface area contributed by atoms with Crippen LogP contribution in [-0.4, -0.2) is 40.4 Å². The number of aryl methyl sites for hydroxylation is 1. The van der Waals surface area contributed by atoms with E-state index in [2.05, 4.69) is 34.0 Å². The normalized spacial score (nSPS) is 11.3. The van der Waals surface area contributed by atoms with E-state index in [1.54, 1.807) is 31.2 Å². The van der Waals surface area contributed by atoms with E-state index in [0.29, 0.717) is 47.6 Å². The lowest BCUT2D eigenvalue weighted by Gasteiger charge is -2.15. The molecular weight excluding hydrogens is 356 g/mol. The maximum Gasteiger partial charge on any atom is 0.258 e. The zero-order valence-electron chi connectivity index (χ0n) is 16.5. The first-order valence-electron chi connectivity index (χ1n) is 9.59. The molecule has 0 saturated heterocycles. The van der Waals surface area contributed by atoms with Crippen LogP contribution < -0.4 is 10.9 Å². The highest BCUT2D eigenvalue weighted by Crippen LogP contribution is 2.16. The summed E-state index contributed by atoms with van der Waals surface area (Å²) < 4.78 is 5.74. The molecule has 0 unspecified atom stereocenters. The minimum atomic E-state index is -0.185. The monoisotopic (exact) mass is 382 g/mol. The number of para-hydroxylation sites is 1. The van der Waals surface area contributed by atoms with Gasteiger partial charge in [-0.1, -0.05) is 26.0 Å². The molecule has 3 aromatic rings. The van der Waals surface area contributed by atoms with Gasteiger partial charge >= 0.3 is 0 Å². The van der Waals surface area contributed by atoms with Gasteiger partial charge in [0.15, 0.2) is 0 Å². The number of benzene rings is 1. The van der Waals surface area contributed by atoms with Gasteiger partial charge in [0.05, 0.1) is 23.0 Å². The van der Waals surface area contributed by atoms with Crippen LogP contribution in [0.4, 0.5) is 0 Å². The van der Waals surface area contributed by atoms with Crippen molar-refractivity contribution >= 4 is 16.8 Å². The Morgan fingerprint density at radius 1 is 1.25 bits per heavy atom. The summed E-state index contributed by atoms with van der Waals surface area (Å²) in [4.78, 5) is 34.0. The van der Waals surface area contributed by atoms with Crippen molar-refractivity contribution in [2.75, 3.05) is 19.6 Å². The highest BCUT2D eigenvalue weighted by molar-refractivity contribution is 5.95. The van der Waals surface area contributed by atoms with E-state index in [1.165, 1.54) is 0 Å². The van der Waals surface area contributed by atoms with E-state index in [9.17, 15) is 9.59 Å². The van der Waals surface area contributed by atoms with Gasteiger partial charge in [-0.3, -0.25) is 14.5 Å².